The highest BCUT2D eigenvalue weighted by Gasteiger charge is 2.16. The van der Waals surface area contributed by atoms with Crippen LogP contribution in [0.4, 0.5) is 0 Å². The summed E-state index contributed by atoms with van der Waals surface area (Å²) >= 11 is 0. The fraction of sp³-hybridized carbons (Fsp3) is 0.250. The molecule has 0 aliphatic rings. The van der Waals surface area contributed by atoms with Gasteiger partial charge in [0.15, 0.2) is 0 Å². The van der Waals surface area contributed by atoms with Gasteiger partial charge >= 0.3 is 0 Å². The van der Waals surface area contributed by atoms with Gasteiger partial charge in [-0.2, -0.15) is 0 Å². The molecule has 3 nitrogen and oxygen atoms in total. The van der Waals surface area contributed by atoms with Gasteiger partial charge in [0.2, 0.25) is 0 Å². The van der Waals surface area contributed by atoms with Crippen LogP contribution < -0.4 is 9.47 Å². The summed E-state index contributed by atoms with van der Waals surface area (Å²) in [5.41, 5.74) is 1.80. The van der Waals surface area contributed by atoms with Crippen molar-refractivity contribution in [3.05, 3.63) is 47.5 Å². The van der Waals surface area contributed by atoms with Gasteiger partial charge in [-0.25, -0.2) is 4.21 Å². The second-order valence-electron chi connectivity index (χ2n) is 4.44. The molecule has 0 amide bonds. The summed E-state index contributed by atoms with van der Waals surface area (Å²) in [6, 6.07) is 11.2. The van der Waals surface area contributed by atoms with Gasteiger partial charge in [-0.1, -0.05) is 12.1 Å². The highest BCUT2D eigenvalue weighted by Crippen LogP contribution is 2.30. The molecule has 2 aromatic carbocycles. The van der Waals surface area contributed by atoms with Crippen LogP contribution in [-0.4, -0.2) is 18.4 Å². The third-order valence-electron chi connectivity index (χ3n) is 3.31. The van der Waals surface area contributed by atoms with E-state index in [-0.39, 0.29) is 0 Å². The van der Waals surface area contributed by atoms with E-state index in [0.29, 0.717) is 0 Å². The Hall–Kier alpha value is -1.81. The number of methoxy groups -OCH3 is 2. The number of rotatable bonds is 4. The van der Waals surface area contributed by atoms with Gasteiger partial charge in [-0.05, 0) is 38.1 Å². The maximum atomic E-state index is 12.8. The molecule has 0 aliphatic carbocycles. The molecule has 0 saturated carbocycles. The summed E-state index contributed by atoms with van der Waals surface area (Å²) in [6.45, 7) is 3.84. The Labute approximate surface area is 122 Å². The number of hydrogen-bond donors (Lipinski definition) is 0. The summed E-state index contributed by atoms with van der Waals surface area (Å²) in [5.74, 6) is 1.49. The van der Waals surface area contributed by atoms with Crippen LogP contribution in [0.25, 0.3) is 0 Å². The standard InChI is InChI=1S/C16H18O3S/c1-11-13(18-3)7-5-9-15(11)20(17)16-10-6-8-14(19-4)12(16)2/h5-10H,1-4H3. The molecule has 0 saturated heterocycles. The minimum absolute atomic E-state index is 0.747. The predicted octanol–water partition coefficient (Wildman–Crippen LogP) is 3.49. The molecular formula is C16H18O3S. The van der Waals surface area contributed by atoms with Crippen molar-refractivity contribution < 1.29 is 13.7 Å². The SMILES string of the molecule is COc1cccc(S(=O)c2cccc(OC)c2C)c1C. The van der Waals surface area contributed by atoms with E-state index in [0.717, 1.165) is 32.4 Å². The lowest BCUT2D eigenvalue weighted by atomic mass is 10.2. The van der Waals surface area contributed by atoms with Crippen molar-refractivity contribution >= 4 is 10.8 Å². The van der Waals surface area contributed by atoms with Crippen LogP contribution in [0.2, 0.25) is 0 Å². The van der Waals surface area contributed by atoms with E-state index >= 15 is 0 Å². The highest BCUT2D eigenvalue weighted by molar-refractivity contribution is 7.85. The van der Waals surface area contributed by atoms with Gasteiger partial charge in [0.1, 0.15) is 11.5 Å². The van der Waals surface area contributed by atoms with Crippen molar-refractivity contribution in [2.45, 2.75) is 23.6 Å². The molecule has 0 fully saturated rings. The summed E-state index contributed by atoms with van der Waals surface area (Å²) in [4.78, 5) is 1.53. The van der Waals surface area contributed by atoms with Crippen molar-refractivity contribution in [3.8, 4) is 11.5 Å². The summed E-state index contributed by atoms with van der Waals surface area (Å²) in [7, 11) is 1.98. The monoisotopic (exact) mass is 290 g/mol. The average molecular weight is 290 g/mol. The molecule has 0 aromatic heterocycles. The van der Waals surface area contributed by atoms with Gasteiger partial charge in [-0.15, -0.1) is 0 Å². The molecule has 2 rings (SSSR count). The van der Waals surface area contributed by atoms with Crippen LogP contribution in [0.3, 0.4) is 0 Å². The van der Waals surface area contributed by atoms with E-state index < -0.39 is 10.8 Å². The van der Waals surface area contributed by atoms with Crippen molar-refractivity contribution in [1.29, 1.82) is 0 Å². The van der Waals surface area contributed by atoms with Crippen molar-refractivity contribution in [2.75, 3.05) is 14.2 Å². The van der Waals surface area contributed by atoms with Crippen LogP contribution in [0.15, 0.2) is 46.2 Å². The topological polar surface area (TPSA) is 35.5 Å². The van der Waals surface area contributed by atoms with Gasteiger partial charge in [0.25, 0.3) is 0 Å². The summed E-state index contributed by atoms with van der Waals surface area (Å²) in [5, 5.41) is 0. The van der Waals surface area contributed by atoms with E-state index in [9.17, 15) is 4.21 Å². The zero-order valence-electron chi connectivity index (χ0n) is 12.1. The maximum Gasteiger partial charge on any atom is 0.122 e. The molecule has 106 valence electrons. The first-order valence-electron chi connectivity index (χ1n) is 6.29. The molecule has 20 heavy (non-hydrogen) atoms. The second-order valence-corrected chi connectivity index (χ2v) is 5.85. The van der Waals surface area contributed by atoms with Crippen molar-refractivity contribution in [1.82, 2.24) is 0 Å². The van der Waals surface area contributed by atoms with Crippen LogP contribution in [0.1, 0.15) is 11.1 Å². The number of hydrogen-bond acceptors (Lipinski definition) is 3. The van der Waals surface area contributed by atoms with E-state index in [4.69, 9.17) is 9.47 Å². The largest absolute Gasteiger partial charge is 0.496 e. The van der Waals surface area contributed by atoms with E-state index in [1.165, 1.54) is 0 Å². The molecule has 2 aromatic rings. The van der Waals surface area contributed by atoms with Crippen LogP contribution in [-0.2, 0) is 10.8 Å². The third-order valence-corrected chi connectivity index (χ3v) is 4.99. The summed E-state index contributed by atoms with van der Waals surface area (Å²) < 4.78 is 23.4. The van der Waals surface area contributed by atoms with Gasteiger partial charge in [0, 0.05) is 11.1 Å². The first-order valence-corrected chi connectivity index (χ1v) is 7.44. The second kappa shape index (κ2) is 6.09. The van der Waals surface area contributed by atoms with E-state index in [2.05, 4.69) is 0 Å². The lowest BCUT2D eigenvalue weighted by molar-refractivity contribution is 0.409. The Morgan fingerprint density at radius 2 is 1.20 bits per heavy atom. The normalized spacial score (nSPS) is 10.7. The molecule has 0 spiro atoms. The first-order chi connectivity index (χ1) is 9.60. The molecule has 0 bridgehead atoms. The van der Waals surface area contributed by atoms with E-state index in [1.807, 2.05) is 50.2 Å². The van der Waals surface area contributed by atoms with Crippen LogP contribution >= 0.6 is 0 Å². The smallest absolute Gasteiger partial charge is 0.122 e. The zero-order valence-corrected chi connectivity index (χ0v) is 12.9. The van der Waals surface area contributed by atoms with E-state index in [1.54, 1.807) is 14.2 Å². The maximum absolute atomic E-state index is 12.8. The Balaban J connectivity index is 2.52. The number of ether oxygens (including phenoxy) is 2. The molecule has 0 unspecified atom stereocenters. The van der Waals surface area contributed by atoms with Gasteiger partial charge in [-0.3, -0.25) is 0 Å². The fourth-order valence-corrected chi connectivity index (χ4v) is 3.55. The molecule has 0 atom stereocenters. The minimum atomic E-state index is -1.25. The molecule has 0 N–H and O–H groups in total. The number of benzene rings is 2. The Morgan fingerprint density at radius 1 is 0.800 bits per heavy atom. The Bertz CT molecular complexity index is 595. The van der Waals surface area contributed by atoms with Gasteiger partial charge in [0.05, 0.1) is 34.8 Å². The third kappa shape index (κ3) is 2.56. The molecule has 0 radical (unpaired) electrons. The first kappa shape index (κ1) is 14.6. The predicted molar refractivity (Wildman–Crippen MR) is 80.1 cm³/mol. The fourth-order valence-electron chi connectivity index (χ4n) is 2.15. The molecule has 0 aliphatic heterocycles. The quantitative estimate of drug-likeness (QED) is 0.864. The van der Waals surface area contributed by atoms with Crippen molar-refractivity contribution in [3.63, 3.8) is 0 Å². The zero-order chi connectivity index (χ0) is 14.7. The molecule has 4 heteroatoms. The summed E-state index contributed by atoms with van der Waals surface area (Å²) in [6.07, 6.45) is 0. The van der Waals surface area contributed by atoms with Crippen molar-refractivity contribution in [2.24, 2.45) is 0 Å². The minimum Gasteiger partial charge on any atom is -0.496 e. The van der Waals surface area contributed by atoms with Crippen LogP contribution in [0, 0.1) is 13.8 Å². The molecular weight excluding hydrogens is 272 g/mol. The Kier molecular flexibility index (Phi) is 4.45. The van der Waals surface area contributed by atoms with Crippen LogP contribution in [0.5, 0.6) is 11.5 Å². The Morgan fingerprint density at radius 3 is 1.55 bits per heavy atom. The highest BCUT2D eigenvalue weighted by atomic mass is 32.2. The van der Waals surface area contributed by atoms with Gasteiger partial charge < -0.3 is 9.47 Å². The molecule has 0 heterocycles. The lowest BCUT2D eigenvalue weighted by Crippen LogP contribution is -2.01. The lowest BCUT2D eigenvalue weighted by Gasteiger charge is -2.13. The average Bonchev–Trinajstić information content (AvgIpc) is 2.47.